The van der Waals surface area contributed by atoms with Gasteiger partial charge in [-0.25, -0.2) is 9.78 Å². The smallest absolute Gasteiger partial charge is 0.407 e. The summed E-state index contributed by atoms with van der Waals surface area (Å²) >= 11 is 0. The first-order valence-electron chi connectivity index (χ1n) is 19.7. The normalized spacial score (nSPS) is 18.6. The fraction of sp³-hybridized carbons (Fsp3) is 0.326. The molecule has 3 amide bonds. The summed E-state index contributed by atoms with van der Waals surface area (Å²) in [6, 6.07) is 30.6. The van der Waals surface area contributed by atoms with Gasteiger partial charge in [-0.3, -0.25) is 14.6 Å². The molecule has 0 bridgehead atoms. The summed E-state index contributed by atoms with van der Waals surface area (Å²) in [5.74, 6) is 0.793. The highest BCUT2D eigenvalue weighted by Crippen LogP contribution is 2.38. The van der Waals surface area contributed by atoms with Crippen LogP contribution in [0.2, 0.25) is 0 Å². The second-order valence-electron chi connectivity index (χ2n) is 15.4. The number of rotatable bonds is 10. The lowest BCUT2D eigenvalue weighted by atomic mass is 9.92. The number of fused-ring (bicyclic) bond motifs is 1. The highest BCUT2D eigenvalue weighted by atomic mass is 16.5. The fourth-order valence-electron chi connectivity index (χ4n) is 8.60. The average Bonchev–Trinajstić information content (AvgIpc) is 4.07. The molecule has 2 fully saturated rings. The molecular formula is C46H48N6O4. The molecular weight excluding hydrogens is 701 g/mol. The number of methoxy groups -OCH3 is 1. The monoisotopic (exact) mass is 748 g/mol. The molecule has 4 aromatic carbocycles. The van der Waals surface area contributed by atoms with Gasteiger partial charge >= 0.3 is 6.09 Å². The van der Waals surface area contributed by atoms with Crippen molar-refractivity contribution in [1.82, 2.24) is 25.1 Å². The average molecular weight is 749 g/mol. The lowest BCUT2D eigenvalue weighted by molar-refractivity contribution is -0.134. The summed E-state index contributed by atoms with van der Waals surface area (Å²) in [4.78, 5) is 56.1. The maximum absolute atomic E-state index is 13.6. The van der Waals surface area contributed by atoms with E-state index in [1.807, 2.05) is 66.4 Å². The third kappa shape index (κ3) is 7.35. The van der Waals surface area contributed by atoms with E-state index in [-0.39, 0.29) is 29.8 Å². The Bertz CT molecular complexity index is 2310. The van der Waals surface area contributed by atoms with Crippen LogP contribution in [0.4, 0.5) is 4.79 Å². The van der Waals surface area contributed by atoms with Crippen molar-refractivity contribution in [2.45, 2.75) is 70.5 Å². The number of benzene rings is 4. The minimum absolute atomic E-state index is 0.0624. The largest absolute Gasteiger partial charge is 0.453 e. The van der Waals surface area contributed by atoms with Crippen molar-refractivity contribution in [3.05, 3.63) is 120 Å². The van der Waals surface area contributed by atoms with Gasteiger partial charge in [0.15, 0.2) is 0 Å². The summed E-state index contributed by atoms with van der Waals surface area (Å²) < 4.78 is 4.79. The van der Waals surface area contributed by atoms with E-state index in [1.54, 1.807) is 0 Å². The van der Waals surface area contributed by atoms with Gasteiger partial charge in [0.2, 0.25) is 11.8 Å². The lowest BCUT2D eigenvalue weighted by Crippen LogP contribution is -2.53. The Balaban J connectivity index is 0.965. The molecule has 56 heavy (non-hydrogen) atoms. The predicted octanol–water partition coefficient (Wildman–Crippen LogP) is 8.36. The number of likely N-dealkylation sites (tertiary alicyclic amines) is 2. The number of carbonyl (C=O) groups is 3. The van der Waals surface area contributed by atoms with Crippen LogP contribution < -0.4 is 5.32 Å². The molecule has 5 aromatic rings. The molecule has 286 valence electrons. The summed E-state index contributed by atoms with van der Waals surface area (Å²) in [5, 5.41) is 5.00. The number of aliphatic imine (C=N–C) groups is 1. The third-order valence-electron chi connectivity index (χ3n) is 11.5. The van der Waals surface area contributed by atoms with Crippen LogP contribution in [0, 0.1) is 5.92 Å². The van der Waals surface area contributed by atoms with Crippen LogP contribution in [0.3, 0.4) is 0 Å². The van der Waals surface area contributed by atoms with Gasteiger partial charge in [-0.1, -0.05) is 105 Å². The number of allylic oxidation sites excluding steroid dienone is 1. The molecule has 0 aliphatic carbocycles. The van der Waals surface area contributed by atoms with Crippen molar-refractivity contribution >= 4 is 40.0 Å². The molecule has 3 atom stereocenters. The molecule has 10 heteroatoms. The van der Waals surface area contributed by atoms with Crippen molar-refractivity contribution in [2.24, 2.45) is 10.9 Å². The van der Waals surface area contributed by atoms with Gasteiger partial charge in [-0.2, -0.15) is 0 Å². The Labute approximate surface area is 327 Å². The highest BCUT2D eigenvalue weighted by Gasteiger charge is 2.38. The van der Waals surface area contributed by atoms with Crippen LogP contribution in [-0.2, 0) is 20.7 Å². The minimum Gasteiger partial charge on any atom is -0.453 e. The second-order valence-corrected chi connectivity index (χ2v) is 15.4. The summed E-state index contributed by atoms with van der Waals surface area (Å²) in [6.07, 6.45) is 7.90. The van der Waals surface area contributed by atoms with Crippen LogP contribution in [0.5, 0.6) is 0 Å². The molecule has 3 aliphatic rings. The van der Waals surface area contributed by atoms with Gasteiger partial charge in [0.05, 0.1) is 37.5 Å². The lowest BCUT2D eigenvalue weighted by Gasteiger charge is -2.31. The van der Waals surface area contributed by atoms with Crippen molar-refractivity contribution < 1.29 is 19.1 Å². The van der Waals surface area contributed by atoms with E-state index < -0.39 is 12.1 Å². The number of nitrogens with one attached hydrogen (secondary N) is 2. The number of H-pyrrole nitrogens is 1. The summed E-state index contributed by atoms with van der Waals surface area (Å²) in [6.45, 7) is 5.23. The number of carbonyl (C=O) groups excluding carboxylic acids is 3. The molecule has 0 saturated carbocycles. The topological polar surface area (TPSA) is 120 Å². The van der Waals surface area contributed by atoms with E-state index in [2.05, 4.69) is 71.0 Å². The van der Waals surface area contributed by atoms with Gasteiger partial charge < -0.3 is 24.8 Å². The van der Waals surface area contributed by atoms with Crippen molar-refractivity contribution in [3.8, 4) is 22.4 Å². The molecule has 10 nitrogen and oxygen atoms in total. The zero-order valence-electron chi connectivity index (χ0n) is 32.2. The second kappa shape index (κ2) is 16.0. The van der Waals surface area contributed by atoms with E-state index in [9.17, 15) is 14.4 Å². The standard InChI is InChI=1S/C46H48N6O4/c1-29(2)43(50-46(55)56-3)45(54)52-24-9-15-40(52)38-26-33(27-47-38)31-17-19-32(20-18-31)34-21-22-37(36-14-8-7-13-35(34)36)39-28-48-44(49-39)41-16-10-23-51(41)42(53)25-30-11-5-4-6-12-30/h4-8,11-14,17-22,27-29,40-41,43H,9-10,15-16,23-26H2,1-3H3,(H,48,49)(H,50,55)/t40-,41-,43-/m0/s1. The Kier molecular flexibility index (Phi) is 10.5. The Hall–Kier alpha value is -6.03. The van der Waals surface area contributed by atoms with Crippen LogP contribution in [0.25, 0.3) is 38.7 Å². The summed E-state index contributed by atoms with van der Waals surface area (Å²) in [5.41, 5.74) is 8.50. The molecule has 3 aliphatic heterocycles. The van der Waals surface area contributed by atoms with E-state index in [4.69, 9.17) is 14.7 Å². The van der Waals surface area contributed by atoms with Gasteiger partial charge in [-0.05, 0) is 70.2 Å². The number of hydrogen-bond acceptors (Lipinski definition) is 6. The minimum atomic E-state index is -0.655. The molecule has 2 N–H and O–H groups in total. The molecule has 4 heterocycles. The maximum atomic E-state index is 13.6. The van der Waals surface area contributed by atoms with Gasteiger partial charge in [-0.15, -0.1) is 0 Å². The fourth-order valence-corrected chi connectivity index (χ4v) is 8.60. The molecule has 8 rings (SSSR count). The number of imidazole rings is 1. The van der Waals surface area contributed by atoms with Crippen molar-refractivity contribution in [2.75, 3.05) is 20.2 Å². The number of amides is 3. The summed E-state index contributed by atoms with van der Waals surface area (Å²) in [7, 11) is 1.31. The third-order valence-corrected chi connectivity index (χ3v) is 11.5. The SMILES string of the molecule is COC(=O)N[C@H](C(=O)N1CCC[C@H]1C1=NC=C(c2ccc(-c3ccc(-c4cnc([C@@H]5CCCN5C(=O)Cc5ccccc5)[nH]4)c4ccccc34)cc2)C1)C(C)C. The van der Waals surface area contributed by atoms with Crippen LogP contribution in [0.15, 0.2) is 108 Å². The zero-order valence-corrected chi connectivity index (χ0v) is 32.2. The van der Waals surface area contributed by atoms with Crippen LogP contribution >= 0.6 is 0 Å². The Morgan fingerprint density at radius 3 is 2.21 bits per heavy atom. The highest BCUT2D eigenvalue weighted by molar-refractivity contribution is 6.06. The van der Waals surface area contributed by atoms with Crippen molar-refractivity contribution in [1.29, 1.82) is 0 Å². The quantitative estimate of drug-likeness (QED) is 0.149. The van der Waals surface area contributed by atoms with Crippen LogP contribution in [0.1, 0.15) is 68.9 Å². The van der Waals surface area contributed by atoms with Gasteiger partial charge in [0.25, 0.3) is 0 Å². The molecule has 0 spiro atoms. The number of ether oxygens (including phenoxy) is 1. The van der Waals surface area contributed by atoms with Crippen molar-refractivity contribution in [3.63, 3.8) is 0 Å². The van der Waals surface area contributed by atoms with Gasteiger partial charge in [0, 0.05) is 37.0 Å². The number of alkyl carbamates (subject to hydrolysis) is 1. The van der Waals surface area contributed by atoms with Crippen LogP contribution in [-0.4, -0.2) is 75.7 Å². The predicted molar refractivity (Wildman–Crippen MR) is 220 cm³/mol. The first kappa shape index (κ1) is 36.9. The number of aromatic amines is 1. The maximum Gasteiger partial charge on any atom is 0.407 e. The van der Waals surface area contributed by atoms with E-state index >= 15 is 0 Å². The van der Waals surface area contributed by atoms with E-state index in [0.29, 0.717) is 19.4 Å². The number of hydrogen-bond donors (Lipinski definition) is 2. The molecule has 1 aromatic heterocycles. The van der Waals surface area contributed by atoms with Gasteiger partial charge in [0.1, 0.15) is 11.9 Å². The Morgan fingerprint density at radius 2 is 1.48 bits per heavy atom. The number of aromatic nitrogens is 2. The first-order chi connectivity index (χ1) is 27.3. The van der Waals surface area contributed by atoms with E-state index in [0.717, 1.165) is 93.6 Å². The zero-order chi connectivity index (χ0) is 38.8. The molecule has 0 unspecified atom stereocenters. The molecule has 0 radical (unpaired) electrons. The Morgan fingerprint density at radius 1 is 0.821 bits per heavy atom. The molecule has 2 saturated heterocycles. The first-order valence-corrected chi connectivity index (χ1v) is 19.7. The van der Waals surface area contributed by atoms with E-state index in [1.165, 1.54) is 7.11 Å². The number of nitrogens with zero attached hydrogens (tertiary/aromatic N) is 4.